The number of rotatable bonds is 5. The molecule has 2 rings (SSSR count). The Morgan fingerprint density at radius 3 is 2.38 bits per heavy atom. The van der Waals surface area contributed by atoms with E-state index in [2.05, 4.69) is 33.4 Å². The zero-order valence-electron chi connectivity index (χ0n) is 10.3. The van der Waals surface area contributed by atoms with Crippen LogP contribution >= 0.6 is 0 Å². The van der Waals surface area contributed by atoms with Gasteiger partial charge < -0.3 is 10.6 Å². The Morgan fingerprint density at radius 2 is 1.81 bits per heavy atom. The molecule has 0 aliphatic carbocycles. The van der Waals surface area contributed by atoms with Crippen molar-refractivity contribution in [2.24, 2.45) is 0 Å². The van der Waals surface area contributed by atoms with Crippen LogP contribution in [0.5, 0.6) is 0 Å². The summed E-state index contributed by atoms with van der Waals surface area (Å²) < 4.78 is 0. The van der Waals surface area contributed by atoms with Crippen LogP contribution in [0, 0.1) is 0 Å². The summed E-state index contributed by atoms with van der Waals surface area (Å²) in [5, 5.41) is 6.75. The smallest absolute Gasteiger partial charge is 0.0484 e. The van der Waals surface area contributed by atoms with E-state index in [-0.39, 0.29) is 0 Å². The number of allylic oxidation sites excluding steroid dienone is 1. The fourth-order valence-electron chi connectivity index (χ4n) is 2.34. The maximum absolute atomic E-state index is 3.38. The second-order valence-electron chi connectivity index (χ2n) is 4.68. The molecule has 0 aromatic rings. The van der Waals surface area contributed by atoms with Crippen LogP contribution in [0.15, 0.2) is 11.6 Å². The van der Waals surface area contributed by atoms with Crippen molar-refractivity contribution < 1.29 is 0 Å². The highest BCUT2D eigenvalue weighted by atomic mass is 15.3. The first kappa shape index (κ1) is 12.0. The molecule has 2 saturated heterocycles. The van der Waals surface area contributed by atoms with Crippen molar-refractivity contribution in [1.82, 2.24) is 20.4 Å². The Bertz CT molecular complexity index is 227. The molecule has 0 bridgehead atoms. The van der Waals surface area contributed by atoms with Crippen molar-refractivity contribution in [2.75, 3.05) is 52.6 Å². The van der Waals surface area contributed by atoms with Gasteiger partial charge in [0.15, 0.2) is 0 Å². The van der Waals surface area contributed by atoms with E-state index < -0.39 is 0 Å². The minimum Gasteiger partial charge on any atom is -0.303 e. The van der Waals surface area contributed by atoms with Gasteiger partial charge in [0, 0.05) is 52.6 Å². The molecule has 0 aromatic carbocycles. The van der Waals surface area contributed by atoms with Gasteiger partial charge in [-0.1, -0.05) is 11.6 Å². The first-order valence-corrected chi connectivity index (χ1v) is 6.38. The Hall–Kier alpha value is -0.420. The van der Waals surface area contributed by atoms with E-state index in [0.29, 0.717) is 0 Å². The van der Waals surface area contributed by atoms with E-state index in [4.69, 9.17) is 0 Å². The molecule has 0 radical (unpaired) electrons. The minimum absolute atomic E-state index is 1.06. The lowest BCUT2D eigenvalue weighted by atomic mass is 10.1. The first-order chi connectivity index (χ1) is 7.88. The molecule has 2 aliphatic rings. The first-order valence-electron chi connectivity index (χ1n) is 6.38. The van der Waals surface area contributed by atoms with Crippen molar-refractivity contribution in [3.05, 3.63) is 11.6 Å². The normalized spacial score (nSPS) is 24.4. The minimum atomic E-state index is 1.06. The highest BCUT2D eigenvalue weighted by Gasteiger charge is 2.14. The maximum atomic E-state index is 3.38. The molecule has 4 heteroatoms. The van der Waals surface area contributed by atoms with E-state index in [1.54, 1.807) is 5.57 Å². The number of nitrogens with one attached hydrogen (secondary N) is 2. The molecule has 2 heterocycles. The Kier molecular flexibility index (Phi) is 4.78. The summed E-state index contributed by atoms with van der Waals surface area (Å²) in [6.07, 6.45) is 3.51. The second kappa shape index (κ2) is 6.35. The van der Waals surface area contributed by atoms with Crippen LogP contribution in [-0.2, 0) is 0 Å². The van der Waals surface area contributed by atoms with Crippen LogP contribution in [-0.4, -0.2) is 62.4 Å². The third-order valence-electron chi connectivity index (χ3n) is 3.46. The Balaban J connectivity index is 1.68. The van der Waals surface area contributed by atoms with E-state index in [1.807, 2.05) is 0 Å². The standard InChI is InChI=1S/C12H24N4/c1-2-12(9-16-8-5-14-11-16)3-6-15-7-4-13-10-15/h2,13-14H,3-11H2,1H3. The van der Waals surface area contributed by atoms with E-state index in [9.17, 15) is 0 Å². The number of nitrogens with zero attached hydrogens (tertiary/aromatic N) is 2. The molecule has 92 valence electrons. The number of hydrogen-bond donors (Lipinski definition) is 2. The van der Waals surface area contributed by atoms with Gasteiger partial charge in [0.25, 0.3) is 0 Å². The van der Waals surface area contributed by atoms with Crippen LogP contribution in [0.25, 0.3) is 0 Å². The molecular formula is C12H24N4. The Labute approximate surface area is 98.7 Å². The average Bonchev–Trinajstić information content (AvgIpc) is 2.97. The second-order valence-corrected chi connectivity index (χ2v) is 4.68. The van der Waals surface area contributed by atoms with Gasteiger partial charge in [-0.25, -0.2) is 0 Å². The molecule has 0 unspecified atom stereocenters. The summed E-state index contributed by atoms with van der Waals surface area (Å²) in [4.78, 5) is 4.98. The third kappa shape index (κ3) is 3.56. The largest absolute Gasteiger partial charge is 0.303 e. The highest BCUT2D eigenvalue weighted by molar-refractivity contribution is 5.04. The van der Waals surface area contributed by atoms with E-state index in [1.165, 1.54) is 26.1 Å². The summed E-state index contributed by atoms with van der Waals surface area (Å²) >= 11 is 0. The fraction of sp³-hybridized carbons (Fsp3) is 0.833. The molecule has 4 nitrogen and oxygen atoms in total. The van der Waals surface area contributed by atoms with E-state index >= 15 is 0 Å². The van der Waals surface area contributed by atoms with Gasteiger partial charge in [0.05, 0.1) is 0 Å². The lowest BCUT2D eigenvalue weighted by Gasteiger charge is -2.19. The number of hydrogen-bond acceptors (Lipinski definition) is 4. The van der Waals surface area contributed by atoms with Crippen molar-refractivity contribution in [3.8, 4) is 0 Å². The van der Waals surface area contributed by atoms with Gasteiger partial charge in [-0.15, -0.1) is 0 Å². The van der Waals surface area contributed by atoms with Gasteiger partial charge in [0.2, 0.25) is 0 Å². The van der Waals surface area contributed by atoms with Crippen molar-refractivity contribution in [3.63, 3.8) is 0 Å². The molecule has 0 atom stereocenters. The predicted octanol–water partition coefficient (Wildman–Crippen LogP) is 0.0482. The fourth-order valence-corrected chi connectivity index (χ4v) is 2.34. The predicted molar refractivity (Wildman–Crippen MR) is 67.3 cm³/mol. The zero-order valence-corrected chi connectivity index (χ0v) is 10.3. The SMILES string of the molecule is CC=C(CCN1CCNC1)CN1CCNC1. The van der Waals surface area contributed by atoms with Gasteiger partial charge in [0.1, 0.15) is 0 Å². The topological polar surface area (TPSA) is 30.5 Å². The Morgan fingerprint density at radius 1 is 1.12 bits per heavy atom. The third-order valence-corrected chi connectivity index (χ3v) is 3.46. The van der Waals surface area contributed by atoms with Gasteiger partial charge in [-0.05, 0) is 13.3 Å². The maximum Gasteiger partial charge on any atom is 0.0484 e. The molecular weight excluding hydrogens is 200 g/mol. The quantitative estimate of drug-likeness (QED) is 0.646. The lowest BCUT2D eigenvalue weighted by Crippen LogP contribution is -2.27. The molecule has 0 aromatic heterocycles. The summed E-state index contributed by atoms with van der Waals surface area (Å²) in [6.45, 7) is 11.4. The van der Waals surface area contributed by atoms with Gasteiger partial charge in [-0.3, -0.25) is 9.80 Å². The van der Waals surface area contributed by atoms with Gasteiger partial charge >= 0.3 is 0 Å². The zero-order chi connectivity index (χ0) is 11.2. The van der Waals surface area contributed by atoms with Gasteiger partial charge in [-0.2, -0.15) is 0 Å². The van der Waals surface area contributed by atoms with Crippen LogP contribution in [0.1, 0.15) is 13.3 Å². The molecule has 16 heavy (non-hydrogen) atoms. The van der Waals surface area contributed by atoms with Crippen LogP contribution in [0.3, 0.4) is 0 Å². The van der Waals surface area contributed by atoms with Crippen LogP contribution < -0.4 is 10.6 Å². The molecule has 2 aliphatic heterocycles. The summed E-state index contributed by atoms with van der Waals surface area (Å²) in [7, 11) is 0. The molecule has 2 N–H and O–H groups in total. The van der Waals surface area contributed by atoms with Crippen molar-refractivity contribution in [1.29, 1.82) is 0 Å². The lowest BCUT2D eigenvalue weighted by molar-refractivity contribution is 0.323. The van der Waals surface area contributed by atoms with Crippen molar-refractivity contribution >= 4 is 0 Å². The molecule has 0 amide bonds. The van der Waals surface area contributed by atoms with E-state index in [0.717, 1.165) is 33.0 Å². The van der Waals surface area contributed by atoms with Crippen LogP contribution in [0.4, 0.5) is 0 Å². The highest BCUT2D eigenvalue weighted by Crippen LogP contribution is 2.08. The molecule has 0 spiro atoms. The molecule has 0 saturated carbocycles. The van der Waals surface area contributed by atoms with Crippen LogP contribution in [0.2, 0.25) is 0 Å². The molecule has 2 fully saturated rings. The van der Waals surface area contributed by atoms with Crippen molar-refractivity contribution in [2.45, 2.75) is 13.3 Å². The summed E-state index contributed by atoms with van der Waals surface area (Å²) in [5.41, 5.74) is 1.58. The summed E-state index contributed by atoms with van der Waals surface area (Å²) in [6, 6.07) is 0. The average molecular weight is 224 g/mol. The monoisotopic (exact) mass is 224 g/mol. The summed E-state index contributed by atoms with van der Waals surface area (Å²) in [5.74, 6) is 0.